The van der Waals surface area contributed by atoms with Gasteiger partial charge in [0.25, 0.3) is 0 Å². The van der Waals surface area contributed by atoms with Crippen molar-refractivity contribution in [3.63, 3.8) is 0 Å². The normalized spacial score (nSPS) is 10.7. The van der Waals surface area contributed by atoms with E-state index in [-0.39, 0.29) is 0 Å². The van der Waals surface area contributed by atoms with Gasteiger partial charge in [-0.2, -0.15) is 0 Å². The summed E-state index contributed by atoms with van der Waals surface area (Å²) in [6.45, 7) is 2.88. The number of aliphatic imine (C=N–C) groups is 1. The van der Waals surface area contributed by atoms with Crippen molar-refractivity contribution in [3.8, 4) is 11.5 Å². The van der Waals surface area contributed by atoms with E-state index in [1.807, 2.05) is 60.7 Å². The van der Waals surface area contributed by atoms with E-state index in [4.69, 9.17) is 14.2 Å². The van der Waals surface area contributed by atoms with E-state index < -0.39 is 5.97 Å². The minimum absolute atomic E-state index is 0.308. The largest absolute Gasteiger partial charge is 0.485 e. The van der Waals surface area contributed by atoms with Crippen molar-refractivity contribution in [3.05, 3.63) is 90.0 Å². The van der Waals surface area contributed by atoms with Crippen LogP contribution < -0.4 is 9.47 Å². The Morgan fingerprint density at radius 2 is 1.41 bits per heavy atom. The van der Waals surface area contributed by atoms with E-state index in [9.17, 15) is 4.79 Å². The maximum absolute atomic E-state index is 11.5. The van der Waals surface area contributed by atoms with Crippen molar-refractivity contribution in [2.75, 3.05) is 6.61 Å². The van der Waals surface area contributed by atoms with E-state index in [2.05, 4.69) is 4.99 Å². The van der Waals surface area contributed by atoms with Crippen LogP contribution in [0.1, 0.15) is 18.1 Å². The molecule has 5 nitrogen and oxygen atoms in total. The molecule has 0 aliphatic heterocycles. The van der Waals surface area contributed by atoms with E-state index in [1.54, 1.807) is 25.1 Å². The number of nitrogens with zero attached hydrogens (tertiary/aromatic N) is 1. The predicted octanol–water partition coefficient (Wildman–Crippen LogP) is 5.11. The Kier molecular flexibility index (Phi) is 7.41. The highest BCUT2D eigenvalue weighted by molar-refractivity contribution is 6.23. The highest BCUT2D eigenvalue weighted by Gasteiger charge is 2.08. The van der Waals surface area contributed by atoms with Crippen molar-refractivity contribution in [2.24, 2.45) is 4.99 Å². The number of ether oxygens (including phenoxy) is 3. The number of rotatable bonds is 9. The second-order valence-corrected chi connectivity index (χ2v) is 6.19. The third-order valence-corrected chi connectivity index (χ3v) is 4.01. The van der Waals surface area contributed by atoms with Crippen LogP contribution in [-0.4, -0.2) is 18.8 Å². The molecular weight excluding hydrogens is 366 g/mol. The highest BCUT2D eigenvalue weighted by Crippen LogP contribution is 2.33. The zero-order valence-electron chi connectivity index (χ0n) is 16.3. The SMILES string of the molecule is CCOC(=O)C=Nc1ccc(OCc2ccccc2)c(OCc2ccccc2)c1. The van der Waals surface area contributed by atoms with Crippen LogP contribution in [0.2, 0.25) is 0 Å². The molecule has 0 aliphatic carbocycles. The third kappa shape index (κ3) is 6.50. The summed E-state index contributed by atoms with van der Waals surface area (Å²) in [4.78, 5) is 15.7. The van der Waals surface area contributed by atoms with Gasteiger partial charge in [0, 0.05) is 6.07 Å². The molecule has 5 heteroatoms. The van der Waals surface area contributed by atoms with Gasteiger partial charge in [0.05, 0.1) is 12.3 Å². The molecule has 0 saturated carbocycles. The lowest BCUT2D eigenvalue weighted by atomic mass is 10.2. The molecule has 3 aromatic carbocycles. The van der Waals surface area contributed by atoms with Gasteiger partial charge in [-0.3, -0.25) is 0 Å². The zero-order valence-corrected chi connectivity index (χ0v) is 16.3. The summed E-state index contributed by atoms with van der Waals surface area (Å²) in [6.07, 6.45) is 1.16. The second-order valence-electron chi connectivity index (χ2n) is 6.19. The Morgan fingerprint density at radius 3 is 2.00 bits per heavy atom. The predicted molar refractivity (Wildman–Crippen MR) is 113 cm³/mol. The van der Waals surface area contributed by atoms with Crippen LogP contribution in [0, 0.1) is 0 Å². The Balaban J connectivity index is 1.76. The zero-order chi connectivity index (χ0) is 20.3. The Labute approximate surface area is 170 Å². The standard InChI is InChI=1S/C24H23NO4/c1-2-27-24(26)16-25-21-13-14-22(28-17-19-9-5-3-6-10-19)23(15-21)29-18-20-11-7-4-8-12-20/h3-16H,2,17-18H2,1H3. The van der Waals surface area contributed by atoms with Crippen LogP contribution in [0.15, 0.2) is 83.9 Å². The molecule has 0 saturated heterocycles. The quantitative estimate of drug-likeness (QED) is 0.377. The average Bonchev–Trinajstić information content (AvgIpc) is 2.77. The van der Waals surface area contributed by atoms with E-state index >= 15 is 0 Å². The molecule has 0 heterocycles. The molecule has 0 aliphatic rings. The molecule has 0 atom stereocenters. The maximum Gasteiger partial charge on any atom is 0.349 e. The average molecular weight is 389 g/mol. The first-order valence-electron chi connectivity index (χ1n) is 9.43. The molecule has 148 valence electrons. The van der Waals surface area contributed by atoms with E-state index in [1.165, 1.54) is 0 Å². The number of hydrogen-bond acceptors (Lipinski definition) is 5. The van der Waals surface area contributed by atoms with Crippen molar-refractivity contribution < 1.29 is 19.0 Å². The fourth-order valence-corrected chi connectivity index (χ4v) is 2.59. The topological polar surface area (TPSA) is 57.1 Å². The summed E-state index contributed by atoms with van der Waals surface area (Å²) < 4.78 is 16.8. The van der Waals surface area contributed by atoms with E-state index in [0.717, 1.165) is 17.3 Å². The monoisotopic (exact) mass is 389 g/mol. The molecule has 0 bridgehead atoms. The lowest BCUT2D eigenvalue weighted by Crippen LogP contribution is -2.04. The van der Waals surface area contributed by atoms with Gasteiger partial charge in [0.2, 0.25) is 0 Å². The lowest BCUT2D eigenvalue weighted by molar-refractivity contribution is -0.134. The summed E-state index contributed by atoms with van der Waals surface area (Å²) in [5.41, 5.74) is 2.68. The number of esters is 1. The van der Waals surface area contributed by atoms with Gasteiger partial charge < -0.3 is 14.2 Å². The van der Waals surface area contributed by atoms with Gasteiger partial charge in [-0.05, 0) is 30.2 Å². The Morgan fingerprint density at radius 1 is 0.828 bits per heavy atom. The first kappa shape index (κ1) is 20.1. The molecular formula is C24H23NO4. The minimum Gasteiger partial charge on any atom is -0.485 e. The molecule has 3 aromatic rings. The van der Waals surface area contributed by atoms with Crippen LogP contribution in [-0.2, 0) is 22.7 Å². The molecule has 0 fully saturated rings. The van der Waals surface area contributed by atoms with Gasteiger partial charge in [-0.15, -0.1) is 0 Å². The number of benzene rings is 3. The van der Waals surface area contributed by atoms with Gasteiger partial charge in [0.15, 0.2) is 11.5 Å². The van der Waals surface area contributed by atoms with E-state index in [0.29, 0.717) is 37.0 Å². The first-order valence-corrected chi connectivity index (χ1v) is 9.43. The summed E-state index contributed by atoms with van der Waals surface area (Å²) >= 11 is 0. The second kappa shape index (κ2) is 10.7. The molecule has 0 aromatic heterocycles. The molecule has 3 rings (SSSR count). The number of hydrogen-bond donors (Lipinski definition) is 0. The van der Waals surface area contributed by atoms with Crippen LogP contribution in [0.3, 0.4) is 0 Å². The number of carbonyl (C=O) groups is 1. The van der Waals surface area contributed by atoms with Crippen LogP contribution >= 0.6 is 0 Å². The lowest BCUT2D eigenvalue weighted by Gasteiger charge is -2.14. The summed E-state index contributed by atoms with van der Waals surface area (Å²) in [5.74, 6) is 0.687. The van der Waals surface area contributed by atoms with Gasteiger partial charge >= 0.3 is 5.97 Å². The molecule has 0 unspecified atom stereocenters. The van der Waals surface area contributed by atoms with Gasteiger partial charge in [0.1, 0.15) is 19.4 Å². The van der Waals surface area contributed by atoms with Crippen molar-refractivity contribution >= 4 is 17.9 Å². The van der Waals surface area contributed by atoms with Crippen LogP contribution in [0.25, 0.3) is 0 Å². The fourth-order valence-electron chi connectivity index (χ4n) is 2.59. The van der Waals surface area contributed by atoms with Crippen LogP contribution in [0.4, 0.5) is 5.69 Å². The van der Waals surface area contributed by atoms with Gasteiger partial charge in [-0.1, -0.05) is 60.7 Å². The fraction of sp³-hybridized carbons (Fsp3) is 0.167. The smallest absolute Gasteiger partial charge is 0.349 e. The third-order valence-electron chi connectivity index (χ3n) is 4.01. The number of carbonyl (C=O) groups excluding carboxylic acids is 1. The summed E-state index contributed by atoms with van der Waals surface area (Å²) in [6, 6.07) is 25.1. The van der Waals surface area contributed by atoms with Crippen LogP contribution in [0.5, 0.6) is 11.5 Å². The molecule has 0 radical (unpaired) electrons. The molecule has 0 spiro atoms. The Bertz CT molecular complexity index is 940. The molecule has 29 heavy (non-hydrogen) atoms. The minimum atomic E-state index is -0.483. The van der Waals surface area contributed by atoms with Crippen molar-refractivity contribution in [1.29, 1.82) is 0 Å². The highest BCUT2D eigenvalue weighted by atomic mass is 16.5. The summed E-state index contributed by atoms with van der Waals surface area (Å²) in [5, 5.41) is 0. The Hall–Kier alpha value is -3.60. The van der Waals surface area contributed by atoms with Gasteiger partial charge in [-0.25, -0.2) is 9.79 Å². The first-order chi connectivity index (χ1) is 14.2. The maximum atomic E-state index is 11.5. The summed E-state index contributed by atoms with van der Waals surface area (Å²) in [7, 11) is 0. The molecule has 0 N–H and O–H groups in total. The van der Waals surface area contributed by atoms with Crippen molar-refractivity contribution in [2.45, 2.75) is 20.1 Å². The van der Waals surface area contributed by atoms with Crippen molar-refractivity contribution in [1.82, 2.24) is 0 Å². The molecule has 0 amide bonds.